The standard InChI is InChI=1S/C26H24N2O6/c1-26(2,24(32)27-15-11-12-20(23(30)31)22(29)13-15)28-25(33)34-14-21-18-9-5-3-7-16(18)17-8-4-6-10-19(17)21/h3-13,21,29H,14H2,1-2H3,(H,27,32)(H,28,33)(H,30,31). The second kappa shape index (κ2) is 8.90. The van der Waals surface area contributed by atoms with Gasteiger partial charge in [0.25, 0.3) is 0 Å². The van der Waals surface area contributed by atoms with E-state index in [-0.39, 0.29) is 23.8 Å². The van der Waals surface area contributed by atoms with E-state index in [1.54, 1.807) is 0 Å². The van der Waals surface area contributed by atoms with Gasteiger partial charge in [-0.15, -0.1) is 0 Å². The third kappa shape index (κ3) is 4.43. The fourth-order valence-electron chi connectivity index (χ4n) is 4.02. The predicted octanol–water partition coefficient (Wildman–Crippen LogP) is 4.35. The van der Waals surface area contributed by atoms with Crippen LogP contribution in [-0.4, -0.2) is 40.3 Å². The third-order valence-electron chi connectivity index (χ3n) is 5.81. The van der Waals surface area contributed by atoms with Gasteiger partial charge in [0.15, 0.2) is 0 Å². The lowest BCUT2D eigenvalue weighted by Crippen LogP contribution is -2.52. The quantitative estimate of drug-likeness (QED) is 0.434. The van der Waals surface area contributed by atoms with Crippen molar-refractivity contribution in [2.45, 2.75) is 25.3 Å². The van der Waals surface area contributed by atoms with Crippen LogP contribution in [0.4, 0.5) is 10.5 Å². The van der Waals surface area contributed by atoms with Crippen molar-refractivity contribution in [1.82, 2.24) is 5.32 Å². The number of rotatable bonds is 6. The Morgan fingerprint density at radius 1 is 0.941 bits per heavy atom. The van der Waals surface area contributed by atoms with Gasteiger partial charge in [0.2, 0.25) is 5.91 Å². The van der Waals surface area contributed by atoms with Crippen LogP contribution in [0, 0.1) is 0 Å². The lowest BCUT2D eigenvalue weighted by atomic mass is 9.98. The van der Waals surface area contributed by atoms with E-state index in [0.717, 1.165) is 28.3 Å². The summed E-state index contributed by atoms with van der Waals surface area (Å²) in [5.41, 5.74) is 2.96. The number of anilines is 1. The Morgan fingerprint density at radius 2 is 1.53 bits per heavy atom. The van der Waals surface area contributed by atoms with Gasteiger partial charge < -0.3 is 25.6 Å². The summed E-state index contributed by atoms with van der Waals surface area (Å²) in [5, 5.41) is 23.9. The number of benzene rings is 3. The third-order valence-corrected chi connectivity index (χ3v) is 5.81. The zero-order valence-corrected chi connectivity index (χ0v) is 18.7. The van der Waals surface area contributed by atoms with Crippen LogP contribution in [0.25, 0.3) is 11.1 Å². The summed E-state index contributed by atoms with van der Waals surface area (Å²) in [6, 6.07) is 19.6. The molecular formula is C26H24N2O6. The smallest absolute Gasteiger partial charge is 0.408 e. The number of carbonyl (C=O) groups is 3. The van der Waals surface area contributed by atoms with Crippen molar-refractivity contribution in [2.75, 3.05) is 11.9 Å². The van der Waals surface area contributed by atoms with Crippen molar-refractivity contribution in [3.63, 3.8) is 0 Å². The molecule has 0 unspecified atom stereocenters. The summed E-state index contributed by atoms with van der Waals surface area (Å²) in [5.74, 6) is -2.44. The Labute approximate surface area is 196 Å². The number of carboxylic acid groups (broad SMARTS) is 1. The molecule has 0 saturated carbocycles. The number of carbonyl (C=O) groups excluding carboxylic acids is 2. The molecule has 0 atom stereocenters. The molecule has 3 aromatic rings. The van der Waals surface area contributed by atoms with Gasteiger partial charge in [0.1, 0.15) is 23.5 Å². The Hall–Kier alpha value is -4.33. The fraction of sp³-hybridized carbons (Fsp3) is 0.192. The minimum atomic E-state index is -1.34. The molecular weight excluding hydrogens is 436 g/mol. The zero-order valence-electron chi connectivity index (χ0n) is 18.7. The average Bonchev–Trinajstić information content (AvgIpc) is 3.11. The summed E-state index contributed by atoms with van der Waals surface area (Å²) in [6.45, 7) is 3.13. The first-order chi connectivity index (χ1) is 16.2. The predicted molar refractivity (Wildman–Crippen MR) is 126 cm³/mol. The number of ether oxygens (including phenoxy) is 1. The first kappa shape index (κ1) is 22.8. The largest absolute Gasteiger partial charge is 0.507 e. The highest BCUT2D eigenvalue weighted by molar-refractivity contribution is 6.00. The summed E-state index contributed by atoms with van der Waals surface area (Å²) in [4.78, 5) is 36.3. The van der Waals surface area contributed by atoms with Gasteiger partial charge in [-0.05, 0) is 48.2 Å². The zero-order chi connectivity index (χ0) is 24.5. The van der Waals surface area contributed by atoms with Crippen LogP contribution >= 0.6 is 0 Å². The summed E-state index contributed by atoms with van der Waals surface area (Å²) in [6.07, 6.45) is -0.744. The normalized spacial score (nSPS) is 12.4. The molecule has 1 aliphatic rings. The van der Waals surface area contributed by atoms with E-state index in [1.165, 1.54) is 26.0 Å². The Kier molecular flexibility index (Phi) is 5.98. The molecule has 0 heterocycles. The minimum absolute atomic E-state index is 0.106. The van der Waals surface area contributed by atoms with Crippen molar-refractivity contribution >= 4 is 23.7 Å². The molecule has 3 aromatic carbocycles. The van der Waals surface area contributed by atoms with Gasteiger partial charge >= 0.3 is 12.1 Å². The highest BCUT2D eigenvalue weighted by Gasteiger charge is 2.32. The molecule has 34 heavy (non-hydrogen) atoms. The minimum Gasteiger partial charge on any atom is -0.507 e. The first-order valence-corrected chi connectivity index (χ1v) is 10.7. The van der Waals surface area contributed by atoms with Gasteiger partial charge in [-0.2, -0.15) is 0 Å². The van der Waals surface area contributed by atoms with Gasteiger partial charge in [0.05, 0.1) is 0 Å². The molecule has 4 N–H and O–H groups in total. The monoisotopic (exact) mass is 460 g/mol. The highest BCUT2D eigenvalue weighted by atomic mass is 16.5. The number of nitrogens with one attached hydrogen (secondary N) is 2. The van der Waals surface area contributed by atoms with E-state index in [9.17, 15) is 19.5 Å². The maximum atomic E-state index is 12.7. The highest BCUT2D eigenvalue weighted by Crippen LogP contribution is 2.44. The van der Waals surface area contributed by atoms with Crippen LogP contribution in [0.1, 0.15) is 41.3 Å². The fourth-order valence-corrected chi connectivity index (χ4v) is 4.02. The van der Waals surface area contributed by atoms with Crippen LogP contribution in [0.5, 0.6) is 5.75 Å². The molecule has 1 aliphatic carbocycles. The number of hydrogen-bond acceptors (Lipinski definition) is 5. The van der Waals surface area contributed by atoms with Crippen LogP contribution in [-0.2, 0) is 9.53 Å². The number of carboxylic acids is 1. The van der Waals surface area contributed by atoms with E-state index in [0.29, 0.717) is 0 Å². The van der Waals surface area contributed by atoms with E-state index in [2.05, 4.69) is 10.6 Å². The van der Waals surface area contributed by atoms with Gasteiger partial charge in [-0.3, -0.25) is 4.79 Å². The maximum absolute atomic E-state index is 12.7. The molecule has 0 spiro atoms. The topological polar surface area (TPSA) is 125 Å². The first-order valence-electron chi connectivity index (χ1n) is 10.7. The van der Waals surface area contributed by atoms with E-state index in [1.807, 2.05) is 48.5 Å². The van der Waals surface area contributed by atoms with E-state index >= 15 is 0 Å². The molecule has 174 valence electrons. The second-order valence-corrected chi connectivity index (χ2v) is 8.57. The van der Waals surface area contributed by atoms with Crippen LogP contribution < -0.4 is 10.6 Å². The second-order valence-electron chi connectivity index (χ2n) is 8.57. The summed E-state index contributed by atoms with van der Waals surface area (Å²) >= 11 is 0. The Balaban J connectivity index is 1.39. The summed E-state index contributed by atoms with van der Waals surface area (Å²) in [7, 11) is 0. The van der Waals surface area contributed by atoms with Crippen LogP contribution in [0.2, 0.25) is 0 Å². The van der Waals surface area contributed by atoms with Crippen molar-refractivity contribution < 1.29 is 29.3 Å². The van der Waals surface area contributed by atoms with Crippen LogP contribution in [0.3, 0.4) is 0 Å². The number of amides is 2. The lowest BCUT2D eigenvalue weighted by Gasteiger charge is -2.25. The van der Waals surface area contributed by atoms with Crippen molar-refractivity contribution in [2.24, 2.45) is 0 Å². The molecule has 0 aromatic heterocycles. The average molecular weight is 460 g/mol. The molecule has 0 bridgehead atoms. The number of fused-ring (bicyclic) bond motifs is 3. The number of alkyl carbamates (subject to hydrolysis) is 1. The molecule has 8 nitrogen and oxygen atoms in total. The van der Waals surface area contributed by atoms with Crippen LogP contribution in [0.15, 0.2) is 66.7 Å². The van der Waals surface area contributed by atoms with Crippen molar-refractivity contribution in [3.05, 3.63) is 83.4 Å². The molecule has 0 fully saturated rings. The maximum Gasteiger partial charge on any atom is 0.408 e. The number of phenols is 1. The van der Waals surface area contributed by atoms with Gasteiger partial charge in [0, 0.05) is 17.7 Å². The number of aromatic hydroxyl groups is 1. The lowest BCUT2D eigenvalue weighted by molar-refractivity contribution is -0.121. The van der Waals surface area contributed by atoms with Crippen molar-refractivity contribution in [3.8, 4) is 16.9 Å². The van der Waals surface area contributed by atoms with E-state index < -0.39 is 29.3 Å². The van der Waals surface area contributed by atoms with Gasteiger partial charge in [-0.1, -0.05) is 48.5 Å². The SMILES string of the molecule is CC(C)(NC(=O)OCC1c2ccccc2-c2ccccc21)C(=O)Nc1ccc(C(=O)O)c(O)c1. The molecule has 2 amide bonds. The molecule has 8 heteroatoms. The van der Waals surface area contributed by atoms with Crippen molar-refractivity contribution in [1.29, 1.82) is 0 Å². The molecule has 0 radical (unpaired) electrons. The molecule has 0 saturated heterocycles. The molecule has 0 aliphatic heterocycles. The van der Waals surface area contributed by atoms with Gasteiger partial charge in [-0.25, -0.2) is 9.59 Å². The number of aromatic carboxylic acids is 1. The number of hydrogen-bond donors (Lipinski definition) is 4. The summed E-state index contributed by atoms with van der Waals surface area (Å²) < 4.78 is 5.50. The molecule has 4 rings (SSSR count). The van der Waals surface area contributed by atoms with E-state index in [4.69, 9.17) is 9.84 Å². The Morgan fingerprint density at radius 3 is 2.09 bits per heavy atom. The Bertz CT molecular complexity index is 1240.